The lowest BCUT2D eigenvalue weighted by atomic mass is 10.2. The fourth-order valence-electron chi connectivity index (χ4n) is 3.03. The Kier molecular flexibility index (Phi) is 5.07. The highest BCUT2D eigenvalue weighted by Crippen LogP contribution is 2.54. The maximum absolute atomic E-state index is 13.4. The van der Waals surface area contributed by atoms with Crippen LogP contribution in [0.15, 0.2) is 48.5 Å². The van der Waals surface area contributed by atoms with Crippen LogP contribution in [0.2, 0.25) is 0 Å². The SMILES string of the molecule is CCCCC[P@@]1(=O)COc2cccc(NCc3ccccc3)c21. The third-order valence-electron chi connectivity index (χ3n) is 4.28. The molecule has 0 saturated carbocycles. The van der Waals surface area contributed by atoms with Gasteiger partial charge in [-0.1, -0.05) is 56.2 Å². The molecule has 1 heterocycles. The number of hydrogen-bond donors (Lipinski definition) is 1. The Labute approximate surface area is 138 Å². The standard InChI is InChI=1S/C19H24NO2P/c1-2-3-7-13-23(21)15-22-18-12-8-11-17(19(18)23)20-14-16-9-5-4-6-10-16/h4-6,8-12,20H,2-3,7,13-15H2,1H3/t23-/m1/s1. The molecular weight excluding hydrogens is 305 g/mol. The average molecular weight is 329 g/mol. The van der Waals surface area contributed by atoms with E-state index in [4.69, 9.17) is 4.74 Å². The number of fused-ring (bicyclic) bond motifs is 1. The quantitative estimate of drug-likeness (QED) is 0.584. The van der Waals surface area contributed by atoms with Crippen LogP contribution in [-0.2, 0) is 11.1 Å². The number of hydrogen-bond acceptors (Lipinski definition) is 3. The van der Waals surface area contributed by atoms with E-state index in [2.05, 4.69) is 24.4 Å². The summed E-state index contributed by atoms with van der Waals surface area (Å²) in [6.07, 6.45) is 4.37. The van der Waals surface area contributed by atoms with Crippen molar-refractivity contribution >= 4 is 18.1 Å². The molecule has 0 saturated heterocycles. The molecule has 0 aromatic heterocycles. The van der Waals surface area contributed by atoms with Gasteiger partial charge in [-0.05, 0) is 24.1 Å². The smallest absolute Gasteiger partial charge is 0.156 e. The zero-order valence-electron chi connectivity index (χ0n) is 13.6. The van der Waals surface area contributed by atoms with E-state index < -0.39 is 7.14 Å². The summed E-state index contributed by atoms with van der Waals surface area (Å²) < 4.78 is 19.1. The second kappa shape index (κ2) is 7.23. The number of rotatable bonds is 7. The van der Waals surface area contributed by atoms with Gasteiger partial charge >= 0.3 is 0 Å². The Morgan fingerprint density at radius 3 is 2.70 bits per heavy atom. The van der Waals surface area contributed by atoms with Crippen molar-refractivity contribution in [2.75, 3.05) is 17.8 Å². The molecule has 0 radical (unpaired) electrons. The summed E-state index contributed by atoms with van der Waals surface area (Å²) in [7, 11) is -2.43. The molecule has 1 N–H and O–H groups in total. The molecule has 23 heavy (non-hydrogen) atoms. The Hall–Kier alpha value is -1.73. The molecule has 3 rings (SSSR count). The highest BCUT2D eigenvalue weighted by atomic mass is 31.2. The fraction of sp³-hybridized carbons (Fsp3) is 0.368. The highest BCUT2D eigenvalue weighted by Gasteiger charge is 2.36. The largest absolute Gasteiger partial charge is 0.485 e. The van der Waals surface area contributed by atoms with Crippen LogP contribution in [-0.4, -0.2) is 12.5 Å². The van der Waals surface area contributed by atoms with E-state index in [1.165, 1.54) is 5.56 Å². The first-order valence-electron chi connectivity index (χ1n) is 8.35. The molecule has 1 aliphatic heterocycles. The summed E-state index contributed by atoms with van der Waals surface area (Å²) in [5.41, 5.74) is 2.17. The van der Waals surface area contributed by atoms with Crippen LogP contribution in [0.5, 0.6) is 5.75 Å². The number of nitrogens with one attached hydrogen (secondary N) is 1. The van der Waals surface area contributed by atoms with Crippen molar-refractivity contribution in [3.05, 3.63) is 54.1 Å². The summed E-state index contributed by atoms with van der Waals surface area (Å²) in [5, 5.41) is 4.38. The monoisotopic (exact) mass is 329 g/mol. The molecule has 1 atom stereocenters. The van der Waals surface area contributed by atoms with E-state index >= 15 is 0 Å². The van der Waals surface area contributed by atoms with Gasteiger partial charge < -0.3 is 14.6 Å². The van der Waals surface area contributed by atoms with Crippen molar-refractivity contribution in [3.8, 4) is 5.75 Å². The molecule has 0 aliphatic carbocycles. The second-order valence-electron chi connectivity index (χ2n) is 6.08. The summed E-state index contributed by atoms with van der Waals surface area (Å²) >= 11 is 0. The van der Waals surface area contributed by atoms with Crippen LogP contribution in [0.25, 0.3) is 0 Å². The summed E-state index contributed by atoms with van der Waals surface area (Å²) in [6.45, 7) is 2.90. The van der Waals surface area contributed by atoms with E-state index in [0.29, 0.717) is 6.35 Å². The van der Waals surface area contributed by atoms with Gasteiger partial charge in [-0.3, -0.25) is 0 Å². The predicted octanol–water partition coefficient (Wildman–Crippen LogP) is 4.83. The van der Waals surface area contributed by atoms with Crippen molar-refractivity contribution in [2.45, 2.75) is 32.7 Å². The van der Waals surface area contributed by atoms with Gasteiger partial charge in [0.25, 0.3) is 0 Å². The number of anilines is 1. The minimum Gasteiger partial charge on any atom is -0.485 e. The van der Waals surface area contributed by atoms with Gasteiger partial charge in [0, 0.05) is 18.4 Å². The van der Waals surface area contributed by atoms with Crippen LogP contribution in [0.4, 0.5) is 5.69 Å². The molecule has 0 bridgehead atoms. The van der Waals surface area contributed by atoms with E-state index in [1.54, 1.807) is 0 Å². The van der Waals surface area contributed by atoms with E-state index in [9.17, 15) is 4.57 Å². The topological polar surface area (TPSA) is 38.3 Å². The third kappa shape index (κ3) is 3.61. The first-order valence-corrected chi connectivity index (χ1v) is 10.4. The molecule has 2 aromatic carbocycles. The molecule has 4 heteroatoms. The summed E-state index contributed by atoms with van der Waals surface area (Å²) in [5.74, 6) is 0.794. The zero-order chi connectivity index (χ0) is 16.1. The van der Waals surface area contributed by atoms with Crippen molar-refractivity contribution in [1.82, 2.24) is 0 Å². The summed E-state index contributed by atoms with van der Waals surface area (Å²) in [4.78, 5) is 0. The van der Waals surface area contributed by atoms with Gasteiger partial charge in [0.05, 0.1) is 5.30 Å². The Morgan fingerprint density at radius 1 is 1.09 bits per heavy atom. The van der Waals surface area contributed by atoms with Crippen molar-refractivity contribution in [2.24, 2.45) is 0 Å². The third-order valence-corrected chi connectivity index (χ3v) is 7.14. The minimum absolute atomic E-state index is 0.357. The number of benzene rings is 2. The molecule has 3 nitrogen and oxygen atoms in total. The first kappa shape index (κ1) is 16.1. The molecule has 1 aliphatic rings. The Morgan fingerprint density at radius 2 is 1.91 bits per heavy atom. The summed E-state index contributed by atoms with van der Waals surface area (Å²) in [6, 6.07) is 16.2. The van der Waals surface area contributed by atoms with Gasteiger partial charge in [-0.15, -0.1) is 0 Å². The van der Waals surface area contributed by atoms with Gasteiger partial charge in [-0.2, -0.15) is 0 Å². The maximum Gasteiger partial charge on any atom is 0.156 e. The molecule has 0 unspecified atom stereocenters. The van der Waals surface area contributed by atoms with Crippen LogP contribution in [0.3, 0.4) is 0 Å². The first-order chi connectivity index (χ1) is 11.2. The van der Waals surface area contributed by atoms with Crippen LogP contribution in [0, 0.1) is 0 Å². The molecule has 2 aromatic rings. The normalized spacial score (nSPS) is 19.2. The van der Waals surface area contributed by atoms with E-state index in [-0.39, 0.29) is 0 Å². The second-order valence-corrected chi connectivity index (χ2v) is 9.02. The van der Waals surface area contributed by atoms with Crippen LogP contribution < -0.4 is 15.4 Å². The number of ether oxygens (including phenoxy) is 1. The Balaban J connectivity index is 1.80. The zero-order valence-corrected chi connectivity index (χ0v) is 14.5. The van der Waals surface area contributed by atoms with Crippen molar-refractivity contribution in [3.63, 3.8) is 0 Å². The van der Waals surface area contributed by atoms with Crippen LogP contribution in [0.1, 0.15) is 31.7 Å². The van der Waals surface area contributed by atoms with Crippen molar-refractivity contribution in [1.29, 1.82) is 0 Å². The number of unbranched alkanes of at least 4 members (excludes halogenated alkanes) is 2. The minimum atomic E-state index is -2.43. The fourth-order valence-corrected chi connectivity index (χ4v) is 5.72. The predicted molar refractivity (Wildman–Crippen MR) is 97.3 cm³/mol. The molecule has 122 valence electrons. The average Bonchev–Trinajstić information content (AvgIpc) is 2.92. The van der Waals surface area contributed by atoms with Gasteiger partial charge in [0.2, 0.25) is 0 Å². The lowest BCUT2D eigenvalue weighted by Gasteiger charge is -2.15. The lowest BCUT2D eigenvalue weighted by Crippen LogP contribution is -2.12. The molecule has 0 spiro atoms. The van der Waals surface area contributed by atoms with Crippen molar-refractivity contribution < 1.29 is 9.30 Å². The molecule has 0 fully saturated rings. The molecule has 0 amide bonds. The van der Waals surface area contributed by atoms with E-state index in [0.717, 1.165) is 48.7 Å². The maximum atomic E-state index is 13.4. The molecular formula is C19H24NO2P. The van der Waals surface area contributed by atoms with E-state index in [1.807, 2.05) is 36.4 Å². The van der Waals surface area contributed by atoms with Gasteiger partial charge in [-0.25, -0.2) is 0 Å². The van der Waals surface area contributed by atoms with Gasteiger partial charge in [0.1, 0.15) is 12.1 Å². The Bertz CT molecular complexity index is 700. The van der Waals surface area contributed by atoms with Gasteiger partial charge in [0.15, 0.2) is 7.14 Å². The van der Waals surface area contributed by atoms with Crippen LogP contribution >= 0.6 is 7.14 Å². The highest BCUT2D eigenvalue weighted by molar-refractivity contribution is 7.72. The lowest BCUT2D eigenvalue weighted by molar-refractivity contribution is 0.393.